The van der Waals surface area contributed by atoms with Crippen LogP contribution in [0.2, 0.25) is 0 Å². The lowest BCUT2D eigenvalue weighted by molar-refractivity contribution is -0.141. The number of aliphatic hydroxyl groups excluding tert-OH is 2. The van der Waals surface area contributed by atoms with Gasteiger partial charge in [0.05, 0.1) is 18.8 Å². The van der Waals surface area contributed by atoms with Crippen molar-refractivity contribution in [1.82, 2.24) is 5.32 Å². The zero-order valence-electron chi connectivity index (χ0n) is 15.8. The molecular formula is C20H28N2O6. The highest BCUT2D eigenvalue weighted by molar-refractivity contribution is 5.82. The summed E-state index contributed by atoms with van der Waals surface area (Å²) in [6.07, 6.45) is 14.6. The molecule has 28 heavy (non-hydrogen) atoms. The molecule has 1 aliphatic heterocycles. The van der Waals surface area contributed by atoms with Gasteiger partial charge in [-0.1, -0.05) is 48.6 Å². The normalized spacial score (nSPS) is 22.0. The maximum absolute atomic E-state index is 11.3. The summed E-state index contributed by atoms with van der Waals surface area (Å²) in [5.41, 5.74) is 3.64. The first kappa shape index (κ1) is 23.4. The first-order valence-electron chi connectivity index (χ1n) is 8.88. The minimum Gasteiger partial charge on any atom is -0.455 e. The summed E-state index contributed by atoms with van der Waals surface area (Å²) >= 11 is 0. The van der Waals surface area contributed by atoms with Gasteiger partial charge in [0.25, 0.3) is 0 Å². The summed E-state index contributed by atoms with van der Waals surface area (Å²) in [4.78, 5) is 22.6. The molecule has 6 N–H and O–H groups in total. The van der Waals surface area contributed by atoms with Crippen molar-refractivity contribution in [3.05, 3.63) is 60.8 Å². The fourth-order valence-corrected chi connectivity index (χ4v) is 2.47. The van der Waals surface area contributed by atoms with Crippen LogP contribution in [0.4, 0.5) is 4.79 Å². The average Bonchev–Trinajstić information content (AvgIpc) is 2.62. The maximum Gasteiger partial charge on any atom is 0.331 e. The number of rotatable bonds is 10. The molecule has 0 saturated heterocycles. The van der Waals surface area contributed by atoms with Crippen LogP contribution in [0.3, 0.4) is 0 Å². The van der Waals surface area contributed by atoms with E-state index in [4.69, 9.17) is 15.6 Å². The van der Waals surface area contributed by atoms with Crippen LogP contribution in [0.15, 0.2) is 60.8 Å². The van der Waals surface area contributed by atoms with Gasteiger partial charge in [0.15, 0.2) is 0 Å². The Balaban J connectivity index is 2.75. The summed E-state index contributed by atoms with van der Waals surface area (Å²) in [5.74, 6) is -0.463. The molecule has 1 rings (SSSR count). The van der Waals surface area contributed by atoms with Gasteiger partial charge in [-0.15, -0.1) is 0 Å². The number of allylic oxidation sites excluding steroid dienone is 4. The van der Waals surface area contributed by atoms with Gasteiger partial charge in [-0.3, -0.25) is 0 Å². The third-order valence-electron chi connectivity index (χ3n) is 3.95. The molecule has 4 atom stereocenters. The summed E-state index contributed by atoms with van der Waals surface area (Å²) < 4.78 is 5.09. The van der Waals surface area contributed by atoms with Crippen molar-refractivity contribution in [3.8, 4) is 0 Å². The van der Waals surface area contributed by atoms with Crippen LogP contribution in [-0.2, 0) is 9.53 Å². The van der Waals surface area contributed by atoms with Crippen LogP contribution in [0.1, 0.15) is 19.8 Å². The Labute approximate surface area is 164 Å². The first-order chi connectivity index (χ1) is 13.2. The van der Waals surface area contributed by atoms with Gasteiger partial charge in [0.2, 0.25) is 0 Å². The minimum absolute atomic E-state index is 0.00144. The number of primary amides is 1. The van der Waals surface area contributed by atoms with Crippen molar-refractivity contribution >= 4 is 12.0 Å². The molecule has 0 aliphatic carbocycles. The standard InChI is InChI=1S/C20H28N2O6/c1-20(27,12-11-16-9-7-10-18(25)28-16)17(22-19(21)26)14-15(24)8-5-3-2-4-6-13-23/h2-8,10-12,15-17,23-24,27H,9,13-14H2,1H3,(H3,21,22,26)/b3-2+,6-4+,8-5+,12-11+/t15-,16+,17+,20+/m0/s1. The largest absolute Gasteiger partial charge is 0.455 e. The van der Waals surface area contributed by atoms with E-state index in [2.05, 4.69) is 5.32 Å². The van der Waals surface area contributed by atoms with E-state index in [1.165, 1.54) is 31.2 Å². The summed E-state index contributed by atoms with van der Waals surface area (Å²) in [5, 5.41) is 32.0. The predicted octanol–water partition coefficient (Wildman–Crippen LogP) is 0.614. The Morgan fingerprint density at radius 2 is 2.14 bits per heavy atom. The summed E-state index contributed by atoms with van der Waals surface area (Å²) in [6.45, 7) is 1.40. The third kappa shape index (κ3) is 9.31. The van der Waals surface area contributed by atoms with Crippen LogP contribution in [0.5, 0.6) is 0 Å². The Kier molecular flexibility index (Phi) is 9.94. The summed E-state index contributed by atoms with van der Waals surface area (Å²) in [7, 11) is 0. The van der Waals surface area contributed by atoms with Gasteiger partial charge in [0.1, 0.15) is 11.7 Å². The molecule has 0 fully saturated rings. The van der Waals surface area contributed by atoms with E-state index >= 15 is 0 Å². The fraction of sp³-hybridized carbons (Fsp3) is 0.400. The number of carbonyl (C=O) groups excluding carboxylic acids is 2. The topological polar surface area (TPSA) is 142 Å². The minimum atomic E-state index is -1.54. The highest BCUT2D eigenvalue weighted by Crippen LogP contribution is 2.19. The number of cyclic esters (lactones) is 1. The smallest absolute Gasteiger partial charge is 0.331 e. The molecule has 8 nitrogen and oxygen atoms in total. The number of nitrogens with one attached hydrogen (secondary N) is 1. The first-order valence-corrected chi connectivity index (χ1v) is 8.88. The Hall–Kier alpha value is -2.68. The Morgan fingerprint density at radius 1 is 1.43 bits per heavy atom. The van der Waals surface area contributed by atoms with Crippen LogP contribution in [0.25, 0.3) is 0 Å². The van der Waals surface area contributed by atoms with Gasteiger partial charge in [-0.25, -0.2) is 9.59 Å². The van der Waals surface area contributed by atoms with E-state index in [9.17, 15) is 19.8 Å². The van der Waals surface area contributed by atoms with Gasteiger partial charge >= 0.3 is 12.0 Å². The van der Waals surface area contributed by atoms with E-state index < -0.39 is 35.9 Å². The Morgan fingerprint density at radius 3 is 2.79 bits per heavy atom. The highest BCUT2D eigenvalue weighted by Gasteiger charge is 2.32. The molecule has 2 amide bonds. The number of hydrogen-bond donors (Lipinski definition) is 5. The van der Waals surface area contributed by atoms with Crippen LogP contribution in [0, 0.1) is 0 Å². The molecule has 0 radical (unpaired) electrons. The van der Waals surface area contributed by atoms with Crippen LogP contribution >= 0.6 is 0 Å². The quantitative estimate of drug-likeness (QED) is 0.209. The molecule has 8 heteroatoms. The lowest BCUT2D eigenvalue weighted by Crippen LogP contribution is -2.53. The molecule has 0 spiro atoms. The fourth-order valence-electron chi connectivity index (χ4n) is 2.47. The number of urea groups is 1. The van der Waals surface area contributed by atoms with Crippen LogP contribution < -0.4 is 11.1 Å². The lowest BCUT2D eigenvalue weighted by atomic mass is 9.90. The van der Waals surface area contributed by atoms with Crippen molar-refractivity contribution in [3.63, 3.8) is 0 Å². The van der Waals surface area contributed by atoms with E-state index in [0.717, 1.165) is 0 Å². The molecule has 1 heterocycles. The van der Waals surface area contributed by atoms with Crippen molar-refractivity contribution in [2.75, 3.05) is 6.61 Å². The molecule has 154 valence electrons. The monoisotopic (exact) mass is 392 g/mol. The maximum atomic E-state index is 11.3. The number of amides is 2. The van der Waals surface area contributed by atoms with E-state index in [-0.39, 0.29) is 13.0 Å². The van der Waals surface area contributed by atoms with Gasteiger partial charge < -0.3 is 31.1 Å². The average molecular weight is 392 g/mol. The van der Waals surface area contributed by atoms with Crippen molar-refractivity contribution in [2.45, 2.75) is 43.6 Å². The molecule has 0 aromatic rings. The lowest BCUT2D eigenvalue weighted by Gasteiger charge is -2.32. The highest BCUT2D eigenvalue weighted by atomic mass is 16.5. The van der Waals surface area contributed by atoms with Crippen LogP contribution in [-0.4, -0.2) is 57.8 Å². The van der Waals surface area contributed by atoms with Crippen molar-refractivity contribution < 1.29 is 29.6 Å². The second kappa shape index (κ2) is 11.9. The second-order valence-electron chi connectivity index (χ2n) is 6.44. The van der Waals surface area contributed by atoms with E-state index in [1.54, 1.807) is 36.5 Å². The van der Waals surface area contributed by atoms with E-state index in [0.29, 0.717) is 6.42 Å². The van der Waals surface area contributed by atoms with Crippen molar-refractivity contribution in [2.24, 2.45) is 5.73 Å². The third-order valence-corrected chi connectivity index (χ3v) is 3.95. The number of nitrogens with two attached hydrogens (primary N) is 1. The summed E-state index contributed by atoms with van der Waals surface area (Å²) in [6, 6.07) is -1.72. The Bertz CT molecular complexity index is 664. The number of ether oxygens (including phenoxy) is 1. The zero-order valence-corrected chi connectivity index (χ0v) is 15.8. The van der Waals surface area contributed by atoms with Gasteiger partial charge in [-0.05, 0) is 13.0 Å². The molecular weight excluding hydrogens is 364 g/mol. The van der Waals surface area contributed by atoms with Crippen molar-refractivity contribution in [1.29, 1.82) is 0 Å². The number of aliphatic hydroxyl groups is 3. The predicted molar refractivity (Wildman–Crippen MR) is 105 cm³/mol. The molecule has 1 aliphatic rings. The number of esters is 1. The van der Waals surface area contributed by atoms with E-state index in [1.807, 2.05) is 0 Å². The van der Waals surface area contributed by atoms with Gasteiger partial charge in [0, 0.05) is 18.9 Å². The molecule has 0 aromatic heterocycles. The molecule has 0 unspecified atom stereocenters. The second-order valence-corrected chi connectivity index (χ2v) is 6.44. The molecule has 0 aromatic carbocycles. The molecule has 0 bridgehead atoms. The number of hydrogen-bond acceptors (Lipinski definition) is 6. The number of carbonyl (C=O) groups is 2. The molecule has 0 saturated carbocycles. The van der Waals surface area contributed by atoms with Gasteiger partial charge in [-0.2, -0.15) is 0 Å². The SMILES string of the molecule is C[C@@](O)(/C=C/[C@H]1CC=CC(=O)O1)[C@@H](C[C@@H](O)/C=C/C=C/C=C/CO)NC(N)=O. The zero-order chi connectivity index (χ0) is 21.0.